The summed E-state index contributed by atoms with van der Waals surface area (Å²) < 4.78 is 0. The largest absolute Gasteiger partial charge is 0.370 e. The van der Waals surface area contributed by atoms with Gasteiger partial charge in [-0.2, -0.15) is 5.10 Å². The number of aliphatic imine (C=N–C) groups is 1. The lowest BCUT2D eigenvalue weighted by molar-refractivity contribution is 0.882. The van der Waals surface area contributed by atoms with E-state index in [0.29, 0.717) is 18.3 Å². The van der Waals surface area contributed by atoms with Crippen LogP contribution >= 0.6 is 0 Å². The maximum atomic E-state index is 5.48. The lowest BCUT2D eigenvalue weighted by Crippen LogP contribution is -2.31. The number of H-pyrrole nitrogens is 1. The maximum Gasteiger partial charge on any atom is 0.189 e. The van der Waals surface area contributed by atoms with E-state index in [1.165, 1.54) is 6.33 Å². The molecule has 6 heteroatoms. The zero-order chi connectivity index (χ0) is 8.81. The second-order valence-corrected chi connectivity index (χ2v) is 2.16. The van der Waals surface area contributed by atoms with E-state index in [0.717, 1.165) is 6.54 Å². The van der Waals surface area contributed by atoms with Crippen LogP contribution in [0.4, 0.5) is 0 Å². The molecule has 4 N–H and O–H groups in total. The highest BCUT2D eigenvalue weighted by molar-refractivity contribution is 5.77. The van der Waals surface area contributed by atoms with Crippen molar-refractivity contribution in [2.45, 2.75) is 13.5 Å². The van der Waals surface area contributed by atoms with Crippen LogP contribution in [0.5, 0.6) is 0 Å². The van der Waals surface area contributed by atoms with Gasteiger partial charge in [0.25, 0.3) is 0 Å². The van der Waals surface area contributed by atoms with Crippen molar-refractivity contribution in [1.82, 2.24) is 20.5 Å². The normalized spacial score (nSPS) is 11.6. The summed E-state index contributed by atoms with van der Waals surface area (Å²) in [5.41, 5.74) is 5.48. The molecule has 0 saturated heterocycles. The molecule has 0 amide bonds. The fraction of sp³-hybridized carbons (Fsp3) is 0.500. The molecule has 0 atom stereocenters. The third kappa shape index (κ3) is 2.57. The summed E-state index contributed by atoms with van der Waals surface area (Å²) in [6.45, 7) is 3.15. The Bertz CT molecular complexity index is 239. The first-order valence-corrected chi connectivity index (χ1v) is 3.71. The lowest BCUT2D eigenvalue weighted by atomic mass is 10.6. The zero-order valence-electron chi connectivity index (χ0n) is 6.91. The first kappa shape index (κ1) is 8.51. The van der Waals surface area contributed by atoms with Crippen LogP contribution in [0.3, 0.4) is 0 Å². The molecule has 0 unspecified atom stereocenters. The standard InChI is InChI=1S/C6H12N6/c1-2-8-6(7)9-3-5-10-4-11-12-5/h4H,2-3H2,1H3,(H3,7,8,9)(H,10,11,12). The Hall–Kier alpha value is -1.59. The Morgan fingerprint density at radius 1 is 1.83 bits per heavy atom. The minimum Gasteiger partial charge on any atom is -0.370 e. The summed E-state index contributed by atoms with van der Waals surface area (Å²) >= 11 is 0. The third-order valence-corrected chi connectivity index (χ3v) is 1.22. The number of hydrogen-bond donors (Lipinski definition) is 3. The number of hydrogen-bond acceptors (Lipinski definition) is 3. The first-order valence-electron chi connectivity index (χ1n) is 3.71. The second kappa shape index (κ2) is 4.32. The van der Waals surface area contributed by atoms with E-state index in [4.69, 9.17) is 5.73 Å². The van der Waals surface area contributed by atoms with Gasteiger partial charge < -0.3 is 11.1 Å². The molecule has 0 aliphatic heterocycles. The molecule has 0 aliphatic carbocycles. The number of aromatic nitrogens is 3. The molecule has 1 aromatic heterocycles. The van der Waals surface area contributed by atoms with Crippen molar-refractivity contribution >= 4 is 5.96 Å². The van der Waals surface area contributed by atoms with Gasteiger partial charge in [-0.3, -0.25) is 5.10 Å². The monoisotopic (exact) mass is 168 g/mol. The Balaban J connectivity index is 2.38. The number of nitrogens with two attached hydrogens (primary N) is 1. The first-order chi connectivity index (χ1) is 5.83. The molecule has 0 fully saturated rings. The summed E-state index contributed by atoms with van der Waals surface area (Å²) in [5, 5.41) is 9.24. The van der Waals surface area contributed by atoms with Crippen LogP contribution in [0.25, 0.3) is 0 Å². The van der Waals surface area contributed by atoms with Gasteiger partial charge in [0.2, 0.25) is 0 Å². The summed E-state index contributed by atoms with van der Waals surface area (Å²) in [4.78, 5) is 7.90. The molecule has 6 nitrogen and oxygen atoms in total. The third-order valence-electron chi connectivity index (χ3n) is 1.22. The molecular formula is C6H12N6. The van der Waals surface area contributed by atoms with E-state index in [9.17, 15) is 0 Å². The number of aromatic amines is 1. The van der Waals surface area contributed by atoms with Gasteiger partial charge in [-0.15, -0.1) is 0 Å². The lowest BCUT2D eigenvalue weighted by Gasteiger charge is -1.99. The van der Waals surface area contributed by atoms with E-state index in [1.807, 2.05) is 6.92 Å². The van der Waals surface area contributed by atoms with Gasteiger partial charge in [0, 0.05) is 6.54 Å². The number of nitrogens with zero attached hydrogens (tertiary/aromatic N) is 3. The van der Waals surface area contributed by atoms with Crippen LogP contribution in [-0.2, 0) is 6.54 Å². The minimum atomic E-state index is 0.425. The van der Waals surface area contributed by atoms with Gasteiger partial charge in [0.1, 0.15) is 18.7 Å². The summed E-state index contributed by atoms with van der Waals surface area (Å²) in [5.74, 6) is 1.13. The van der Waals surface area contributed by atoms with Gasteiger partial charge >= 0.3 is 0 Å². The van der Waals surface area contributed by atoms with Crippen molar-refractivity contribution in [3.8, 4) is 0 Å². The van der Waals surface area contributed by atoms with Crippen molar-refractivity contribution < 1.29 is 0 Å². The molecule has 1 heterocycles. The summed E-state index contributed by atoms with van der Waals surface area (Å²) in [6.07, 6.45) is 1.44. The Morgan fingerprint density at radius 2 is 2.67 bits per heavy atom. The molecule has 0 aliphatic rings. The van der Waals surface area contributed by atoms with Gasteiger partial charge in [-0.05, 0) is 6.92 Å². The molecule has 0 saturated carbocycles. The molecule has 1 aromatic rings. The fourth-order valence-corrected chi connectivity index (χ4v) is 0.704. The molecule has 0 spiro atoms. The minimum absolute atomic E-state index is 0.425. The highest BCUT2D eigenvalue weighted by Gasteiger charge is 1.92. The SMILES string of the molecule is CCNC(N)=NCc1ncn[nH]1. The maximum absolute atomic E-state index is 5.48. The van der Waals surface area contributed by atoms with Crippen molar-refractivity contribution in [3.63, 3.8) is 0 Å². The van der Waals surface area contributed by atoms with Gasteiger partial charge in [-0.1, -0.05) is 0 Å². The molecule has 0 bridgehead atoms. The van der Waals surface area contributed by atoms with Crippen LogP contribution in [-0.4, -0.2) is 27.7 Å². The van der Waals surface area contributed by atoms with Crippen LogP contribution in [0, 0.1) is 0 Å². The molecule has 66 valence electrons. The average Bonchev–Trinajstić information content (AvgIpc) is 2.53. The van der Waals surface area contributed by atoms with Crippen LogP contribution in [0.2, 0.25) is 0 Å². The second-order valence-electron chi connectivity index (χ2n) is 2.16. The van der Waals surface area contributed by atoms with Crippen molar-refractivity contribution in [2.24, 2.45) is 10.7 Å². The van der Waals surface area contributed by atoms with Crippen molar-refractivity contribution in [1.29, 1.82) is 0 Å². The predicted molar refractivity (Wildman–Crippen MR) is 45.4 cm³/mol. The predicted octanol–water partition coefficient (Wildman–Crippen LogP) is -0.771. The van der Waals surface area contributed by atoms with E-state index in [2.05, 4.69) is 25.5 Å². The Kier molecular flexibility index (Phi) is 3.06. The van der Waals surface area contributed by atoms with Crippen LogP contribution < -0.4 is 11.1 Å². The smallest absolute Gasteiger partial charge is 0.189 e. The summed E-state index contributed by atoms with van der Waals surface area (Å²) in [7, 11) is 0. The topological polar surface area (TPSA) is 92.0 Å². The molecule has 12 heavy (non-hydrogen) atoms. The molecule has 0 radical (unpaired) electrons. The van der Waals surface area contributed by atoms with Gasteiger partial charge in [-0.25, -0.2) is 9.98 Å². The zero-order valence-corrected chi connectivity index (χ0v) is 6.91. The number of nitrogens with one attached hydrogen (secondary N) is 2. The molecular weight excluding hydrogens is 156 g/mol. The average molecular weight is 168 g/mol. The highest BCUT2D eigenvalue weighted by Crippen LogP contribution is 1.87. The Morgan fingerprint density at radius 3 is 3.25 bits per heavy atom. The quantitative estimate of drug-likeness (QED) is 0.408. The fourth-order valence-electron chi connectivity index (χ4n) is 0.704. The van der Waals surface area contributed by atoms with Gasteiger partial charge in [0.15, 0.2) is 5.96 Å². The van der Waals surface area contributed by atoms with E-state index in [1.54, 1.807) is 0 Å². The van der Waals surface area contributed by atoms with E-state index < -0.39 is 0 Å². The molecule has 1 rings (SSSR count). The van der Waals surface area contributed by atoms with Crippen molar-refractivity contribution in [3.05, 3.63) is 12.2 Å². The number of rotatable bonds is 3. The van der Waals surface area contributed by atoms with Crippen LogP contribution in [0.15, 0.2) is 11.3 Å². The highest BCUT2D eigenvalue weighted by atomic mass is 15.2. The summed E-state index contributed by atoms with van der Waals surface area (Å²) in [6, 6.07) is 0. The van der Waals surface area contributed by atoms with Crippen molar-refractivity contribution in [2.75, 3.05) is 6.54 Å². The Labute approximate surface area is 70.3 Å². The number of guanidine groups is 1. The van der Waals surface area contributed by atoms with E-state index in [-0.39, 0.29) is 0 Å². The van der Waals surface area contributed by atoms with E-state index >= 15 is 0 Å². The molecule has 0 aromatic carbocycles. The van der Waals surface area contributed by atoms with Crippen LogP contribution in [0.1, 0.15) is 12.7 Å². The van der Waals surface area contributed by atoms with Gasteiger partial charge in [0.05, 0.1) is 0 Å².